The van der Waals surface area contributed by atoms with Crippen LogP contribution in [-0.4, -0.2) is 24.8 Å². The Labute approximate surface area is 143 Å². The summed E-state index contributed by atoms with van der Waals surface area (Å²) in [5.41, 5.74) is 1.59. The number of rotatable bonds is 8. The Bertz CT molecular complexity index is 665. The van der Waals surface area contributed by atoms with E-state index >= 15 is 0 Å². The van der Waals surface area contributed by atoms with Gasteiger partial charge in [0.05, 0.1) is 6.61 Å². The van der Waals surface area contributed by atoms with Crippen molar-refractivity contribution < 1.29 is 14.3 Å². The number of hydrogen-bond donors (Lipinski definition) is 0. The van der Waals surface area contributed by atoms with E-state index in [4.69, 9.17) is 4.74 Å². The van der Waals surface area contributed by atoms with Gasteiger partial charge in [-0.3, -0.25) is 9.59 Å². The van der Waals surface area contributed by atoms with Crippen molar-refractivity contribution in [3.05, 3.63) is 60.2 Å². The van der Waals surface area contributed by atoms with Crippen LogP contribution in [0.25, 0.3) is 0 Å². The van der Waals surface area contributed by atoms with E-state index in [0.29, 0.717) is 37.3 Å². The van der Waals surface area contributed by atoms with E-state index in [1.807, 2.05) is 37.3 Å². The molecule has 0 heterocycles. The minimum absolute atomic E-state index is 0.0349. The molecule has 24 heavy (non-hydrogen) atoms. The fourth-order valence-electron chi connectivity index (χ4n) is 2.45. The number of ether oxygens (including phenoxy) is 1. The number of carbonyl (C=O) groups excluding carboxylic acids is 2. The zero-order valence-electron chi connectivity index (χ0n) is 14.2. The van der Waals surface area contributed by atoms with Crippen molar-refractivity contribution in [3.8, 4) is 5.75 Å². The minimum atomic E-state index is 0.0349. The second-order valence-corrected chi connectivity index (χ2v) is 5.51. The van der Waals surface area contributed by atoms with Crippen LogP contribution in [0.2, 0.25) is 0 Å². The van der Waals surface area contributed by atoms with Crippen LogP contribution in [0.15, 0.2) is 54.6 Å². The molecule has 0 aliphatic rings. The van der Waals surface area contributed by atoms with Gasteiger partial charge in [-0.1, -0.05) is 18.2 Å². The average molecular weight is 325 g/mol. The summed E-state index contributed by atoms with van der Waals surface area (Å²) in [7, 11) is 0. The first-order valence-electron chi connectivity index (χ1n) is 8.21. The van der Waals surface area contributed by atoms with Crippen molar-refractivity contribution in [1.82, 2.24) is 0 Å². The molecule has 0 aromatic heterocycles. The topological polar surface area (TPSA) is 46.6 Å². The van der Waals surface area contributed by atoms with Crippen LogP contribution >= 0.6 is 0 Å². The van der Waals surface area contributed by atoms with E-state index in [0.717, 1.165) is 5.69 Å². The van der Waals surface area contributed by atoms with Gasteiger partial charge in [0, 0.05) is 24.2 Å². The summed E-state index contributed by atoms with van der Waals surface area (Å²) in [6, 6.07) is 16.7. The van der Waals surface area contributed by atoms with E-state index in [2.05, 4.69) is 0 Å². The summed E-state index contributed by atoms with van der Waals surface area (Å²) in [6.07, 6.45) is 1.09. The van der Waals surface area contributed by atoms with Gasteiger partial charge >= 0.3 is 0 Å². The summed E-state index contributed by atoms with van der Waals surface area (Å²) in [5, 5.41) is 0. The minimum Gasteiger partial charge on any atom is -0.494 e. The van der Waals surface area contributed by atoms with Gasteiger partial charge in [-0.15, -0.1) is 0 Å². The molecular weight excluding hydrogens is 302 g/mol. The second-order valence-electron chi connectivity index (χ2n) is 5.51. The molecule has 0 aliphatic heterocycles. The third-order valence-corrected chi connectivity index (χ3v) is 3.75. The number of amides is 1. The number of anilines is 1. The summed E-state index contributed by atoms with van der Waals surface area (Å²) in [4.78, 5) is 25.3. The maximum Gasteiger partial charge on any atom is 0.227 e. The van der Waals surface area contributed by atoms with Crippen LogP contribution in [0.4, 0.5) is 5.69 Å². The maximum atomic E-state index is 12.3. The molecule has 4 nitrogen and oxygen atoms in total. The van der Waals surface area contributed by atoms with Gasteiger partial charge in [-0.2, -0.15) is 0 Å². The molecule has 0 saturated heterocycles. The number of benzene rings is 2. The number of hydrogen-bond acceptors (Lipinski definition) is 3. The van der Waals surface area contributed by atoms with E-state index in [9.17, 15) is 9.59 Å². The van der Waals surface area contributed by atoms with Gasteiger partial charge in [0.15, 0.2) is 5.78 Å². The lowest BCUT2D eigenvalue weighted by Gasteiger charge is -2.21. The second kappa shape index (κ2) is 8.87. The molecule has 4 heteroatoms. The number of nitrogens with zero attached hydrogens (tertiary/aromatic N) is 1. The molecule has 2 aromatic carbocycles. The van der Waals surface area contributed by atoms with Crippen LogP contribution in [0.3, 0.4) is 0 Å². The largest absolute Gasteiger partial charge is 0.494 e. The fraction of sp³-hybridized carbons (Fsp3) is 0.300. The van der Waals surface area contributed by atoms with Gasteiger partial charge in [-0.25, -0.2) is 0 Å². The zero-order chi connectivity index (χ0) is 17.4. The van der Waals surface area contributed by atoms with Gasteiger partial charge in [0.1, 0.15) is 5.75 Å². The molecule has 0 radical (unpaired) electrons. The highest BCUT2D eigenvalue weighted by molar-refractivity contribution is 5.94. The van der Waals surface area contributed by atoms with Gasteiger partial charge in [-0.05, 0) is 56.7 Å². The summed E-state index contributed by atoms with van der Waals surface area (Å²) in [5.74, 6) is 0.842. The summed E-state index contributed by atoms with van der Waals surface area (Å²) >= 11 is 0. The highest BCUT2D eigenvalue weighted by Gasteiger charge is 2.13. The Hall–Kier alpha value is -2.62. The zero-order valence-corrected chi connectivity index (χ0v) is 14.2. The van der Waals surface area contributed by atoms with Crippen molar-refractivity contribution in [2.24, 2.45) is 0 Å². The van der Waals surface area contributed by atoms with Gasteiger partial charge in [0.25, 0.3) is 0 Å². The molecule has 0 spiro atoms. The maximum absolute atomic E-state index is 12.3. The smallest absolute Gasteiger partial charge is 0.227 e. The highest BCUT2D eigenvalue weighted by atomic mass is 16.5. The standard InChI is InChI=1S/C20H23NO3/c1-3-21(18-8-5-4-6-9-18)20(23)10-7-15-24-19-13-11-17(12-14-19)16(2)22/h4-6,8-9,11-14H,3,7,10,15H2,1-2H3. The first-order chi connectivity index (χ1) is 11.6. The van der Waals surface area contributed by atoms with Crippen LogP contribution in [-0.2, 0) is 4.79 Å². The van der Waals surface area contributed by atoms with Crippen molar-refractivity contribution >= 4 is 17.4 Å². The van der Waals surface area contributed by atoms with E-state index < -0.39 is 0 Å². The van der Waals surface area contributed by atoms with E-state index in [-0.39, 0.29) is 11.7 Å². The molecule has 0 atom stereocenters. The molecule has 2 rings (SSSR count). The van der Waals surface area contributed by atoms with E-state index in [1.54, 1.807) is 29.2 Å². The number of ketones is 1. The Morgan fingerprint density at radius 1 is 1.00 bits per heavy atom. The fourth-order valence-corrected chi connectivity index (χ4v) is 2.45. The molecule has 0 unspecified atom stereocenters. The number of para-hydroxylation sites is 1. The lowest BCUT2D eigenvalue weighted by molar-refractivity contribution is -0.118. The molecule has 0 saturated carbocycles. The monoisotopic (exact) mass is 325 g/mol. The molecule has 0 aliphatic carbocycles. The quantitative estimate of drug-likeness (QED) is 0.542. The first-order valence-corrected chi connectivity index (χ1v) is 8.21. The van der Waals surface area contributed by atoms with Crippen LogP contribution in [0, 0.1) is 0 Å². The first kappa shape index (κ1) is 17.7. The SMILES string of the molecule is CCN(C(=O)CCCOc1ccc(C(C)=O)cc1)c1ccccc1. The van der Waals surface area contributed by atoms with Crippen molar-refractivity contribution in [1.29, 1.82) is 0 Å². The van der Waals surface area contributed by atoms with Crippen LogP contribution in [0.1, 0.15) is 37.0 Å². The highest BCUT2D eigenvalue weighted by Crippen LogP contribution is 2.16. The third-order valence-electron chi connectivity index (χ3n) is 3.75. The Kier molecular flexibility index (Phi) is 6.55. The Balaban J connectivity index is 1.78. The van der Waals surface area contributed by atoms with Crippen molar-refractivity contribution in [2.75, 3.05) is 18.1 Å². The Morgan fingerprint density at radius 2 is 1.67 bits per heavy atom. The average Bonchev–Trinajstić information content (AvgIpc) is 2.61. The lowest BCUT2D eigenvalue weighted by Crippen LogP contribution is -2.30. The van der Waals surface area contributed by atoms with Gasteiger partial charge in [0.2, 0.25) is 5.91 Å². The summed E-state index contributed by atoms with van der Waals surface area (Å²) in [6.45, 7) is 4.62. The van der Waals surface area contributed by atoms with E-state index in [1.165, 1.54) is 6.92 Å². The molecule has 2 aromatic rings. The predicted octanol–water partition coefficient (Wildman–Crippen LogP) is 4.10. The third kappa shape index (κ3) is 4.95. The van der Waals surface area contributed by atoms with Crippen LogP contribution in [0.5, 0.6) is 5.75 Å². The van der Waals surface area contributed by atoms with Crippen LogP contribution < -0.4 is 9.64 Å². The molecule has 126 valence electrons. The molecule has 0 fully saturated rings. The lowest BCUT2D eigenvalue weighted by atomic mass is 10.1. The molecule has 0 N–H and O–H groups in total. The molecule has 1 amide bonds. The normalized spacial score (nSPS) is 10.2. The Morgan fingerprint density at radius 3 is 2.25 bits per heavy atom. The van der Waals surface area contributed by atoms with Crippen molar-refractivity contribution in [2.45, 2.75) is 26.7 Å². The molecule has 0 bridgehead atoms. The predicted molar refractivity (Wildman–Crippen MR) is 95.6 cm³/mol. The van der Waals surface area contributed by atoms with Gasteiger partial charge < -0.3 is 9.64 Å². The number of Topliss-reactive ketones (excluding diaryl/α,β-unsaturated/α-hetero) is 1. The number of carbonyl (C=O) groups is 2. The van der Waals surface area contributed by atoms with Crippen molar-refractivity contribution in [3.63, 3.8) is 0 Å². The summed E-state index contributed by atoms with van der Waals surface area (Å²) < 4.78 is 5.63. The molecular formula is C20H23NO3.